The lowest BCUT2D eigenvalue weighted by Crippen LogP contribution is -2.15. The molecule has 1 N–H and O–H groups in total. The molecular weight excluding hydrogens is 236 g/mol. The molecular formula is C17H24O2. The Labute approximate surface area is 115 Å². The minimum atomic E-state index is -0.646. The van der Waals surface area contributed by atoms with Crippen LogP contribution in [0, 0.1) is 11.8 Å². The van der Waals surface area contributed by atoms with Crippen LogP contribution >= 0.6 is 0 Å². The van der Waals surface area contributed by atoms with Crippen molar-refractivity contribution in [3.05, 3.63) is 35.4 Å². The van der Waals surface area contributed by atoms with Gasteiger partial charge >= 0.3 is 5.97 Å². The van der Waals surface area contributed by atoms with Gasteiger partial charge in [-0.25, -0.2) is 0 Å². The van der Waals surface area contributed by atoms with Gasteiger partial charge in [-0.2, -0.15) is 0 Å². The maximum Gasteiger partial charge on any atom is 0.303 e. The second kappa shape index (κ2) is 6.23. The molecule has 2 rings (SSSR count). The fourth-order valence-corrected chi connectivity index (χ4v) is 3.22. The Morgan fingerprint density at radius 3 is 2.42 bits per heavy atom. The standard InChI is InChI=1S/C17H24O2/c1-12(2)14-8-6-13(7-9-14)10-15-4-3-5-16(15)11-17(18)19/h6-9,12,15-16H,3-5,10-11H2,1-2H3,(H,18,19). The van der Waals surface area contributed by atoms with E-state index in [1.54, 1.807) is 0 Å². The summed E-state index contributed by atoms with van der Waals surface area (Å²) in [6.07, 6.45) is 4.84. The van der Waals surface area contributed by atoms with Crippen molar-refractivity contribution in [3.63, 3.8) is 0 Å². The third kappa shape index (κ3) is 3.82. The first kappa shape index (κ1) is 14.1. The number of carbonyl (C=O) groups is 1. The fourth-order valence-electron chi connectivity index (χ4n) is 3.22. The van der Waals surface area contributed by atoms with E-state index in [2.05, 4.69) is 38.1 Å². The maximum atomic E-state index is 10.9. The van der Waals surface area contributed by atoms with Crippen LogP contribution < -0.4 is 0 Å². The van der Waals surface area contributed by atoms with Crippen molar-refractivity contribution in [1.82, 2.24) is 0 Å². The smallest absolute Gasteiger partial charge is 0.303 e. The number of carboxylic acid groups (broad SMARTS) is 1. The third-order valence-electron chi connectivity index (χ3n) is 4.40. The van der Waals surface area contributed by atoms with Crippen LogP contribution in [0.3, 0.4) is 0 Å². The molecule has 0 amide bonds. The molecule has 2 atom stereocenters. The molecule has 0 saturated heterocycles. The van der Waals surface area contributed by atoms with Crippen LogP contribution in [0.25, 0.3) is 0 Å². The first-order chi connectivity index (χ1) is 9.06. The zero-order valence-corrected chi connectivity index (χ0v) is 11.9. The molecule has 0 heterocycles. The lowest BCUT2D eigenvalue weighted by atomic mass is 9.87. The van der Waals surface area contributed by atoms with Crippen molar-refractivity contribution in [2.75, 3.05) is 0 Å². The van der Waals surface area contributed by atoms with Gasteiger partial charge in [-0.05, 0) is 48.1 Å². The minimum absolute atomic E-state index is 0.342. The zero-order valence-electron chi connectivity index (χ0n) is 11.9. The summed E-state index contributed by atoms with van der Waals surface area (Å²) in [5.41, 5.74) is 2.73. The molecule has 0 radical (unpaired) electrons. The molecule has 1 saturated carbocycles. The summed E-state index contributed by atoms with van der Waals surface area (Å²) in [6, 6.07) is 8.85. The predicted molar refractivity (Wildman–Crippen MR) is 77.3 cm³/mol. The Morgan fingerprint density at radius 2 is 1.84 bits per heavy atom. The highest BCUT2D eigenvalue weighted by atomic mass is 16.4. The molecule has 1 aliphatic carbocycles. The van der Waals surface area contributed by atoms with Gasteiger partial charge in [0.2, 0.25) is 0 Å². The van der Waals surface area contributed by atoms with Gasteiger partial charge in [0, 0.05) is 6.42 Å². The topological polar surface area (TPSA) is 37.3 Å². The molecule has 2 heteroatoms. The second-order valence-electron chi connectivity index (χ2n) is 6.15. The molecule has 0 spiro atoms. The van der Waals surface area contributed by atoms with Crippen LogP contribution in [-0.2, 0) is 11.2 Å². The van der Waals surface area contributed by atoms with Gasteiger partial charge < -0.3 is 5.11 Å². The van der Waals surface area contributed by atoms with E-state index >= 15 is 0 Å². The summed E-state index contributed by atoms with van der Waals surface area (Å²) in [4.78, 5) is 10.9. The van der Waals surface area contributed by atoms with Crippen LogP contribution in [0.15, 0.2) is 24.3 Å². The molecule has 104 valence electrons. The Morgan fingerprint density at radius 1 is 1.21 bits per heavy atom. The number of rotatable bonds is 5. The summed E-state index contributed by atoms with van der Waals surface area (Å²) in [5, 5.41) is 8.96. The highest BCUT2D eigenvalue weighted by Crippen LogP contribution is 2.36. The molecule has 1 fully saturated rings. The second-order valence-corrected chi connectivity index (χ2v) is 6.15. The highest BCUT2D eigenvalue weighted by Gasteiger charge is 2.28. The Hall–Kier alpha value is -1.31. The van der Waals surface area contributed by atoms with Crippen molar-refractivity contribution >= 4 is 5.97 Å². The van der Waals surface area contributed by atoms with E-state index in [0.29, 0.717) is 24.2 Å². The third-order valence-corrected chi connectivity index (χ3v) is 4.40. The van der Waals surface area contributed by atoms with E-state index in [1.807, 2.05) is 0 Å². The molecule has 1 aromatic rings. The van der Waals surface area contributed by atoms with Crippen molar-refractivity contribution in [2.24, 2.45) is 11.8 Å². The molecule has 2 nitrogen and oxygen atoms in total. The highest BCUT2D eigenvalue weighted by molar-refractivity contribution is 5.67. The van der Waals surface area contributed by atoms with Gasteiger partial charge in [-0.15, -0.1) is 0 Å². The fraction of sp³-hybridized carbons (Fsp3) is 0.588. The van der Waals surface area contributed by atoms with Crippen molar-refractivity contribution in [1.29, 1.82) is 0 Å². The van der Waals surface area contributed by atoms with Gasteiger partial charge in [0.1, 0.15) is 0 Å². The molecule has 0 bridgehead atoms. The number of aliphatic carboxylic acids is 1. The molecule has 2 unspecified atom stereocenters. The largest absolute Gasteiger partial charge is 0.481 e. The average molecular weight is 260 g/mol. The van der Waals surface area contributed by atoms with Crippen LogP contribution in [0.4, 0.5) is 0 Å². The monoisotopic (exact) mass is 260 g/mol. The summed E-state index contributed by atoms with van der Waals surface area (Å²) >= 11 is 0. The van der Waals surface area contributed by atoms with Crippen molar-refractivity contribution < 1.29 is 9.90 Å². The first-order valence-electron chi connectivity index (χ1n) is 7.37. The van der Waals surface area contributed by atoms with Gasteiger partial charge in [0.25, 0.3) is 0 Å². The van der Waals surface area contributed by atoms with E-state index < -0.39 is 5.97 Å². The predicted octanol–water partition coefficient (Wildman–Crippen LogP) is 4.24. The van der Waals surface area contributed by atoms with Crippen LogP contribution in [0.2, 0.25) is 0 Å². The van der Waals surface area contributed by atoms with Crippen LogP contribution in [0.5, 0.6) is 0 Å². The molecule has 1 aromatic carbocycles. The van der Waals surface area contributed by atoms with Crippen LogP contribution in [0.1, 0.15) is 56.6 Å². The number of benzene rings is 1. The summed E-state index contributed by atoms with van der Waals surface area (Å²) in [7, 11) is 0. The van der Waals surface area contributed by atoms with Gasteiger partial charge in [0.15, 0.2) is 0 Å². The quantitative estimate of drug-likeness (QED) is 0.859. The number of hydrogen-bond donors (Lipinski definition) is 1. The normalized spacial score (nSPS) is 22.9. The summed E-state index contributed by atoms with van der Waals surface area (Å²) in [6.45, 7) is 4.41. The summed E-state index contributed by atoms with van der Waals surface area (Å²) in [5.74, 6) is 0.857. The zero-order chi connectivity index (χ0) is 13.8. The lowest BCUT2D eigenvalue weighted by molar-refractivity contribution is -0.138. The first-order valence-corrected chi connectivity index (χ1v) is 7.37. The Balaban J connectivity index is 1.98. The van der Waals surface area contributed by atoms with E-state index in [0.717, 1.165) is 12.8 Å². The minimum Gasteiger partial charge on any atom is -0.481 e. The average Bonchev–Trinajstić information content (AvgIpc) is 2.76. The van der Waals surface area contributed by atoms with Gasteiger partial charge in [-0.1, -0.05) is 44.5 Å². The van der Waals surface area contributed by atoms with Crippen molar-refractivity contribution in [2.45, 2.75) is 51.9 Å². The Bertz CT molecular complexity index is 419. The molecule has 19 heavy (non-hydrogen) atoms. The summed E-state index contributed by atoms with van der Waals surface area (Å²) < 4.78 is 0. The van der Waals surface area contributed by atoms with E-state index in [-0.39, 0.29) is 0 Å². The van der Waals surface area contributed by atoms with Gasteiger partial charge in [0.05, 0.1) is 0 Å². The van der Waals surface area contributed by atoms with Crippen molar-refractivity contribution in [3.8, 4) is 0 Å². The van der Waals surface area contributed by atoms with E-state index in [4.69, 9.17) is 5.11 Å². The van der Waals surface area contributed by atoms with Crippen LogP contribution in [-0.4, -0.2) is 11.1 Å². The van der Waals surface area contributed by atoms with Gasteiger partial charge in [-0.3, -0.25) is 4.79 Å². The van der Waals surface area contributed by atoms with E-state index in [1.165, 1.54) is 24.0 Å². The Kier molecular flexibility index (Phi) is 4.62. The molecule has 0 aromatic heterocycles. The maximum absolute atomic E-state index is 10.9. The molecule has 1 aliphatic rings. The SMILES string of the molecule is CC(C)c1ccc(CC2CCCC2CC(=O)O)cc1. The van der Waals surface area contributed by atoms with E-state index in [9.17, 15) is 4.79 Å². The molecule has 0 aliphatic heterocycles. The number of hydrogen-bond acceptors (Lipinski definition) is 1. The lowest BCUT2D eigenvalue weighted by Gasteiger charge is -2.18. The number of carboxylic acids is 1.